The number of nitrogens with one attached hydrogen (secondary N) is 1. The van der Waals surface area contributed by atoms with Gasteiger partial charge in [0, 0.05) is 44.1 Å². The summed E-state index contributed by atoms with van der Waals surface area (Å²) < 4.78 is 16.0. The number of piperidine rings is 1. The van der Waals surface area contributed by atoms with Crippen LogP contribution >= 0.6 is 0 Å². The van der Waals surface area contributed by atoms with Crippen LogP contribution in [0, 0.1) is 0 Å². The molecule has 2 aliphatic rings. The number of fused-ring (bicyclic) bond motifs is 1. The Hall–Kier alpha value is -3.05. The third kappa shape index (κ3) is 4.74. The lowest BCUT2D eigenvalue weighted by atomic mass is 9.94. The Morgan fingerprint density at radius 3 is 2.66 bits per heavy atom. The Kier molecular flexibility index (Phi) is 6.22. The van der Waals surface area contributed by atoms with E-state index in [2.05, 4.69) is 39.0 Å². The smallest absolute Gasteiger partial charge is 0.227 e. The Morgan fingerprint density at radius 2 is 1.97 bits per heavy atom. The van der Waals surface area contributed by atoms with Gasteiger partial charge < -0.3 is 25.3 Å². The minimum Gasteiger partial charge on any atom is -0.390 e. The lowest BCUT2D eigenvalue weighted by Crippen LogP contribution is -2.43. The second-order valence-corrected chi connectivity index (χ2v) is 9.95. The van der Waals surface area contributed by atoms with Gasteiger partial charge in [0.1, 0.15) is 23.9 Å². The number of hydrogen-bond acceptors (Lipinski definition) is 9. The fourth-order valence-corrected chi connectivity index (χ4v) is 4.64. The average molecular weight is 485 g/mol. The number of pyridine rings is 1. The van der Waals surface area contributed by atoms with E-state index >= 15 is 0 Å². The molecule has 11 heteroatoms. The summed E-state index contributed by atoms with van der Waals surface area (Å²) in [5.41, 5.74) is 0.248. The van der Waals surface area contributed by atoms with Gasteiger partial charge in [0.25, 0.3) is 0 Å². The molecule has 5 heterocycles. The van der Waals surface area contributed by atoms with Crippen molar-refractivity contribution in [3.05, 3.63) is 24.5 Å². The molecule has 0 aliphatic carbocycles. The predicted octanol–water partition coefficient (Wildman–Crippen LogP) is 2.81. The molecule has 5 rings (SSSR count). The molecule has 35 heavy (non-hydrogen) atoms. The Bertz CT molecular complexity index is 1180. The standard InChI is InChI=1S/C24H33FN8O2/c1-4-15(2)33-18-11-21(27-12-16(18)22(30-33)32-13-17(25)19(34)14-32)28-20-5-8-26-23(29-20)31-9-6-24(3,35)7-10-31/h5,8,11-12,15,17,19,34-35H,4,6-7,9-10,13-14H2,1-3H3,(H,26,27,28,29)/t15?,17-,19-/m0/s1. The number of anilines is 4. The van der Waals surface area contributed by atoms with Crippen molar-refractivity contribution in [1.29, 1.82) is 0 Å². The van der Waals surface area contributed by atoms with E-state index in [9.17, 15) is 14.6 Å². The number of aliphatic hydroxyl groups is 2. The molecule has 0 spiro atoms. The minimum absolute atomic E-state index is 0.115. The molecular weight excluding hydrogens is 451 g/mol. The zero-order valence-corrected chi connectivity index (χ0v) is 20.4. The lowest BCUT2D eigenvalue weighted by molar-refractivity contribution is 0.0349. The van der Waals surface area contributed by atoms with Crippen LogP contribution in [0.2, 0.25) is 0 Å². The maximum atomic E-state index is 14.0. The molecule has 1 unspecified atom stereocenters. The molecule has 2 fully saturated rings. The molecule has 0 saturated carbocycles. The number of β-amino-alcohol motifs (C(OH)–C–C–N with tert-alkyl or cyclic N) is 1. The van der Waals surface area contributed by atoms with Crippen molar-refractivity contribution in [2.24, 2.45) is 0 Å². The maximum Gasteiger partial charge on any atom is 0.227 e. The first-order valence-corrected chi connectivity index (χ1v) is 12.3. The van der Waals surface area contributed by atoms with E-state index < -0.39 is 17.9 Å². The second-order valence-electron chi connectivity index (χ2n) is 9.95. The van der Waals surface area contributed by atoms with Crippen molar-refractivity contribution in [2.45, 2.75) is 64.0 Å². The number of rotatable bonds is 6. The van der Waals surface area contributed by atoms with E-state index in [-0.39, 0.29) is 19.1 Å². The van der Waals surface area contributed by atoms with Crippen molar-refractivity contribution in [3.8, 4) is 0 Å². The molecular formula is C24H33FN8O2. The fraction of sp³-hybridized carbons (Fsp3) is 0.583. The molecule has 2 saturated heterocycles. The van der Waals surface area contributed by atoms with Gasteiger partial charge in [0.05, 0.1) is 23.0 Å². The van der Waals surface area contributed by atoms with E-state index in [0.29, 0.717) is 49.3 Å². The number of alkyl halides is 1. The molecule has 188 valence electrons. The number of aliphatic hydroxyl groups excluding tert-OH is 1. The first-order chi connectivity index (χ1) is 16.7. The molecule has 0 radical (unpaired) electrons. The van der Waals surface area contributed by atoms with Gasteiger partial charge in [0.15, 0.2) is 5.82 Å². The first-order valence-electron chi connectivity index (χ1n) is 12.3. The van der Waals surface area contributed by atoms with Crippen molar-refractivity contribution < 1.29 is 14.6 Å². The molecule has 3 aromatic heterocycles. The second kappa shape index (κ2) is 9.19. The normalized spacial score (nSPS) is 23.1. The average Bonchev–Trinajstić information content (AvgIpc) is 3.38. The summed E-state index contributed by atoms with van der Waals surface area (Å²) in [6.45, 7) is 7.77. The SMILES string of the molecule is CCC(C)n1nc(N2C[C@H](O)[C@@H](F)C2)c2cnc(Nc3ccnc(N4CCC(C)(O)CC4)n3)cc21. The number of halogens is 1. The minimum atomic E-state index is -1.29. The van der Waals surface area contributed by atoms with E-state index in [0.717, 1.165) is 17.3 Å². The molecule has 0 bridgehead atoms. The highest BCUT2D eigenvalue weighted by Crippen LogP contribution is 2.33. The van der Waals surface area contributed by atoms with Gasteiger partial charge >= 0.3 is 0 Å². The summed E-state index contributed by atoms with van der Waals surface area (Å²) in [4.78, 5) is 17.5. The van der Waals surface area contributed by atoms with Gasteiger partial charge in [-0.1, -0.05) is 6.92 Å². The number of hydrogen-bond donors (Lipinski definition) is 3. The topological polar surface area (TPSA) is 115 Å². The summed E-state index contributed by atoms with van der Waals surface area (Å²) in [5.74, 6) is 2.50. The monoisotopic (exact) mass is 484 g/mol. The van der Waals surface area contributed by atoms with Crippen LogP contribution in [0.5, 0.6) is 0 Å². The van der Waals surface area contributed by atoms with E-state index in [4.69, 9.17) is 5.10 Å². The van der Waals surface area contributed by atoms with Gasteiger partial charge in [0.2, 0.25) is 5.95 Å². The van der Waals surface area contributed by atoms with Crippen LogP contribution in [0.3, 0.4) is 0 Å². The van der Waals surface area contributed by atoms with Crippen molar-refractivity contribution in [3.63, 3.8) is 0 Å². The molecule has 3 N–H and O–H groups in total. The third-order valence-electron chi connectivity index (χ3n) is 7.12. The molecule has 3 aromatic rings. The van der Waals surface area contributed by atoms with Gasteiger partial charge in [-0.15, -0.1) is 0 Å². The van der Waals surface area contributed by atoms with Crippen molar-refractivity contribution >= 4 is 34.3 Å². The molecule has 0 amide bonds. The number of nitrogens with zero attached hydrogens (tertiary/aromatic N) is 7. The highest BCUT2D eigenvalue weighted by molar-refractivity contribution is 5.92. The summed E-state index contributed by atoms with van der Waals surface area (Å²) >= 11 is 0. The third-order valence-corrected chi connectivity index (χ3v) is 7.12. The largest absolute Gasteiger partial charge is 0.390 e. The van der Waals surface area contributed by atoms with Crippen LogP contribution in [0.25, 0.3) is 10.9 Å². The van der Waals surface area contributed by atoms with E-state index in [1.807, 2.05) is 17.7 Å². The van der Waals surface area contributed by atoms with Gasteiger partial charge in [-0.25, -0.2) is 14.4 Å². The van der Waals surface area contributed by atoms with Crippen molar-refractivity contribution in [2.75, 3.05) is 41.3 Å². The van der Waals surface area contributed by atoms with Gasteiger partial charge in [-0.2, -0.15) is 10.1 Å². The molecule has 0 aromatic carbocycles. The Labute approximate surface area is 203 Å². The van der Waals surface area contributed by atoms with Crippen LogP contribution in [-0.4, -0.2) is 79.0 Å². The highest BCUT2D eigenvalue weighted by Gasteiger charge is 2.34. The van der Waals surface area contributed by atoms with E-state index in [1.54, 1.807) is 23.4 Å². The quantitative estimate of drug-likeness (QED) is 0.486. The van der Waals surface area contributed by atoms with Crippen LogP contribution in [0.4, 0.5) is 27.8 Å². The highest BCUT2D eigenvalue weighted by atomic mass is 19.1. The van der Waals surface area contributed by atoms with Crippen LogP contribution in [0.15, 0.2) is 24.5 Å². The number of aromatic nitrogens is 5. The Balaban J connectivity index is 1.42. The lowest BCUT2D eigenvalue weighted by Gasteiger charge is -2.35. The zero-order valence-electron chi connectivity index (χ0n) is 20.4. The molecule has 10 nitrogen and oxygen atoms in total. The zero-order chi connectivity index (χ0) is 24.7. The summed E-state index contributed by atoms with van der Waals surface area (Å²) in [7, 11) is 0. The maximum absolute atomic E-state index is 14.0. The summed E-state index contributed by atoms with van der Waals surface area (Å²) in [6, 6.07) is 3.86. The fourth-order valence-electron chi connectivity index (χ4n) is 4.64. The van der Waals surface area contributed by atoms with Crippen molar-refractivity contribution in [1.82, 2.24) is 24.7 Å². The summed E-state index contributed by atoms with van der Waals surface area (Å²) in [5, 5.41) is 29.0. The van der Waals surface area contributed by atoms with Crippen LogP contribution < -0.4 is 15.1 Å². The molecule has 2 aliphatic heterocycles. The first kappa shape index (κ1) is 23.7. The van der Waals surface area contributed by atoms with E-state index in [1.165, 1.54) is 0 Å². The van der Waals surface area contributed by atoms with Crippen LogP contribution in [-0.2, 0) is 0 Å². The molecule has 3 atom stereocenters. The Morgan fingerprint density at radius 1 is 1.20 bits per heavy atom. The van der Waals surface area contributed by atoms with Crippen LogP contribution in [0.1, 0.15) is 46.1 Å². The van der Waals surface area contributed by atoms with Gasteiger partial charge in [-0.3, -0.25) is 4.68 Å². The summed E-state index contributed by atoms with van der Waals surface area (Å²) in [6.07, 6.45) is 3.39. The predicted molar refractivity (Wildman–Crippen MR) is 133 cm³/mol. The van der Waals surface area contributed by atoms with Gasteiger partial charge in [-0.05, 0) is 39.2 Å².